The van der Waals surface area contributed by atoms with Crippen molar-refractivity contribution in [3.63, 3.8) is 0 Å². The van der Waals surface area contributed by atoms with Crippen LogP contribution in [0.4, 0.5) is 0 Å². The van der Waals surface area contributed by atoms with Crippen LogP contribution in [0.5, 0.6) is 0 Å². The molecule has 0 aromatic rings. The van der Waals surface area contributed by atoms with Gasteiger partial charge in [0.2, 0.25) is 0 Å². The number of hydrogen-bond donors (Lipinski definition) is 0. The van der Waals surface area contributed by atoms with Crippen molar-refractivity contribution in [1.82, 2.24) is 0 Å². The molecule has 67 heavy (non-hydrogen) atoms. The summed E-state index contributed by atoms with van der Waals surface area (Å²) in [5.74, 6) is -0.834. The van der Waals surface area contributed by atoms with Crippen molar-refractivity contribution in [2.75, 3.05) is 13.2 Å². The molecule has 0 saturated carbocycles. The first-order valence-corrected chi connectivity index (χ1v) is 30.5. The summed E-state index contributed by atoms with van der Waals surface area (Å²) in [6, 6.07) is 0. The summed E-state index contributed by atoms with van der Waals surface area (Å²) < 4.78 is 16.9. The van der Waals surface area contributed by atoms with E-state index in [1.54, 1.807) is 0 Å². The smallest absolute Gasteiger partial charge is 0.306 e. The van der Waals surface area contributed by atoms with Crippen molar-refractivity contribution in [3.8, 4) is 0 Å². The van der Waals surface area contributed by atoms with Gasteiger partial charge in [-0.25, -0.2) is 0 Å². The maximum atomic E-state index is 12.9. The molecular weight excluding hydrogens is 829 g/mol. The van der Waals surface area contributed by atoms with Gasteiger partial charge in [-0.15, -0.1) is 0 Å². The molecule has 0 fully saturated rings. The minimum Gasteiger partial charge on any atom is -0.462 e. The van der Waals surface area contributed by atoms with Gasteiger partial charge < -0.3 is 14.2 Å². The van der Waals surface area contributed by atoms with Crippen LogP contribution < -0.4 is 0 Å². The summed E-state index contributed by atoms with van der Waals surface area (Å²) in [6.45, 7) is 6.70. The van der Waals surface area contributed by atoms with Crippen LogP contribution in [0.25, 0.3) is 0 Å². The number of carbonyl (C=O) groups excluding carboxylic acids is 3. The monoisotopic (exact) mass is 947 g/mol. The van der Waals surface area contributed by atoms with Crippen LogP contribution in [0.1, 0.15) is 355 Å². The molecule has 0 radical (unpaired) electrons. The third-order valence-corrected chi connectivity index (χ3v) is 14.1. The summed E-state index contributed by atoms with van der Waals surface area (Å²) in [4.78, 5) is 38.1. The topological polar surface area (TPSA) is 78.9 Å². The van der Waals surface area contributed by atoms with Crippen LogP contribution in [0, 0.1) is 0 Å². The van der Waals surface area contributed by atoms with Gasteiger partial charge in [0, 0.05) is 19.3 Å². The summed E-state index contributed by atoms with van der Waals surface area (Å²) in [7, 11) is 0. The molecule has 6 nitrogen and oxygen atoms in total. The molecule has 1 atom stereocenters. The van der Waals surface area contributed by atoms with Crippen LogP contribution in [-0.2, 0) is 28.6 Å². The Kier molecular flexibility index (Phi) is 55.6. The zero-order valence-electron chi connectivity index (χ0n) is 45.7. The predicted octanol–water partition coefficient (Wildman–Crippen LogP) is 20.3. The standard InChI is InChI=1S/C61H118O6/c1-4-7-10-13-16-19-21-23-25-27-29-30-32-33-35-37-39-42-45-48-51-54-60(63)66-57-58(56-65-59(62)53-50-47-44-41-18-15-12-9-6-3)67-61(64)55-52-49-46-43-40-38-36-34-31-28-26-24-22-20-17-14-11-8-5-2/h58H,4-57H2,1-3H3. The summed E-state index contributed by atoms with van der Waals surface area (Å²) in [6.07, 6.45) is 64.0. The van der Waals surface area contributed by atoms with Crippen molar-refractivity contribution in [2.24, 2.45) is 0 Å². The average molecular weight is 948 g/mol. The second-order valence-corrected chi connectivity index (χ2v) is 21.0. The van der Waals surface area contributed by atoms with Crippen LogP contribution in [-0.4, -0.2) is 37.2 Å². The zero-order chi connectivity index (χ0) is 48.6. The van der Waals surface area contributed by atoms with E-state index in [1.807, 2.05) is 0 Å². The van der Waals surface area contributed by atoms with Gasteiger partial charge in [-0.2, -0.15) is 0 Å². The largest absolute Gasteiger partial charge is 0.462 e. The number of rotatable bonds is 57. The van der Waals surface area contributed by atoms with E-state index in [0.717, 1.165) is 57.8 Å². The third kappa shape index (κ3) is 55.2. The molecule has 0 rings (SSSR count). The SMILES string of the molecule is CCCCCCCCCCCCCCCCCCCCCCCC(=O)OCC(COC(=O)CCCCCCCCCCC)OC(=O)CCCCCCCCCCCCCCCCCCCCC. The van der Waals surface area contributed by atoms with E-state index in [0.29, 0.717) is 19.3 Å². The van der Waals surface area contributed by atoms with Crippen molar-refractivity contribution < 1.29 is 28.6 Å². The van der Waals surface area contributed by atoms with Crippen molar-refractivity contribution in [2.45, 2.75) is 361 Å². The Hall–Kier alpha value is -1.59. The lowest BCUT2D eigenvalue weighted by Gasteiger charge is -2.18. The fourth-order valence-electron chi connectivity index (χ4n) is 9.51. The minimum absolute atomic E-state index is 0.0612. The third-order valence-electron chi connectivity index (χ3n) is 14.1. The zero-order valence-corrected chi connectivity index (χ0v) is 45.7. The van der Waals surface area contributed by atoms with Gasteiger partial charge in [-0.1, -0.05) is 316 Å². The molecule has 0 heterocycles. The number of unbranched alkanes of at least 4 members (excludes halogenated alkanes) is 46. The van der Waals surface area contributed by atoms with E-state index in [1.165, 1.54) is 257 Å². The maximum absolute atomic E-state index is 12.9. The highest BCUT2D eigenvalue weighted by atomic mass is 16.6. The first-order valence-electron chi connectivity index (χ1n) is 30.5. The quantitative estimate of drug-likeness (QED) is 0.0343. The molecule has 0 aliphatic carbocycles. The van der Waals surface area contributed by atoms with Gasteiger partial charge in [-0.05, 0) is 19.3 Å². The lowest BCUT2D eigenvalue weighted by Crippen LogP contribution is -2.30. The molecule has 0 aliphatic heterocycles. The Morgan fingerprint density at radius 3 is 0.597 bits per heavy atom. The highest BCUT2D eigenvalue weighted by Crippen LogP contribution is 2.18. The Morgan fingerprint density at radius 1 is 0.239 bits per heavy atom. The molecule has 6 heteroatoms. The van der Waals surface area contributed by atoms with Crippen molar-refractivity contribution >= 4 is 17.9 Å². The van der Waals surface area contributed by atoms with E-state index in [4.69, 9.17) is 14.2 Å². The van der Waals surface area contributed by atoms with E-state index in [9.17, 15) is 14.4 Å². The first-order chi connectivity index (χ1) is 33.0. The van der Waals surface area contributed by atoms with E-state index in [-0.39, 0.29) is 31.1 Å². The van der Waals surface area contributed by atoms with E-state index >= 15 is 0 Å². The molecule has 0 aromatic carbocycles. The number of hydrogen-bond acceptors (Lipinski definition) is 6. The maximum Gasteiger partial charge on any atom is 0.306 e. The highest BCUT2D eigenvalue weighted by molar-refractivity contribution is 5.71. The van der Waals surface area contributed by atoms with Gasteiger partial charge in [-0.3, -0.25) is 14.4 Å². The van der Waals surface area contributed by atoms with Gasteiger partial charge >= 0.3 is 17.9 Å². The summed E-state index contributed by atoms with van der Waals surface area (Å²) >= 11 is 0. The highest BCUT2D eigenvalue weighted by Gasteiger charge is 2.19. The van der Waals surface area contributed by atoms with Gasteiger partial charge in [0.05, 0.1) is 0 Å². The predicted molar refractivity (Wildman–Crippen MR) is 289 cm³/mol. The summed E-state index contributed by atoms with van der Waals surface area (Å²) in [5.41, 5.74) is 0. The fourth-order valence-corrected chi connectivity index (χ4v) is 9.51. The summed E-state index contributed by atoms with van der Waals surface area (Å²) in [5, 5.41) is 0. The van der Waals surface area contributed by atoms with Gasteiger partial charge in [0.15, 0.2) is 6.10 Å². The average Bonchev–Trinajstić information content (AvgIpc) is 3.33. The number of carbonyl (C=O) groups is 3. The molecule has 0 spiro atoms. The Bertz CT molecular complexity index is 998. The van der Waals surface area contributed by atoms with Gasteiger partial charge in [0.1, 0.15) is 13.2 Å². The molecule has 0 aliphatic rings. The van der Waals surface area contributed by atoms with Crippen LogP contribution in [0.3, 0.4) is 0 Å². The lowest BCUT2D eigenvalue weighted by atomic mass is 10.0. The minimum atomic E-state index is -0.761. The second-order valence-electron chi connectivity index (χ2n) is 21.0. The van der Waals surface area contributed by atoms with Gasteiger partial charge in [0.25, 0.3) is 0 Å². The number of esters is 3. The molecule has 398 valence electrons. The Labute approximate surface area is 418 Å². The van der Waals surface area contributed by atoms with Crippen LogP contribution in [0.2, 0.25) is 0 Å². The molecular formula is C61H118O6. The van der Waals surface area contributed by atoms with Crippen LogP contribution >= 0.6 is 0 Å². The molecule has 0 bridgehead atoms. The molecule has 0 N–H and O–H groups in total. The first kappa shape index (κ1) is 65.4. The van der Waals surface area contributed by atoms with Crippen LogP contribution in [0.15, 0.2) is 0 Å². The number of ether oxygens (including phenoxy) is 3. The molecule has 0 saturated heterocycles. The van der Waals surface area contributed by atoms with Crippen molar-refractivity contribution in [1.29, 1.82) is 0 Å². The normalized spacial score (nSPS) is 11.9. The molecule has 1 unspecified atom stereocenters. The second kappa shape index (κ2) is 57.0. The van der Waals surface area contributed by atoms with E-state index in [2.05, 4.69) is 20.8 Å². The Balaban J connectivity index is 4.16. The fraction of sp³-hybridized carbons (Fsp3) is 0.951. The molecule has 0 aromatic heterocycles. The lowest BCUT2D eigenvalue weighted by molar-refractivity contribution is -0.167. The van der Waals surface area contributed by atoms with Crippen molar-refractivity contribution in [3.05, 3.63) is 0 Å². The molecule has 0 amide bonds. The Morgan fingerprint density at radius 2 is 0.403 bits per heavy atom. The van der Waals surface area contributed by atoms with E-state index < -0.39 is 6.10 Å².